The summed E-state index contributed by atoms with van der Waals surface area (Å²) in [6.07, 6.45) is 2.20. The van der Waals surface area contributed by atoms with Crippen molar-refractivity contribution in [2.75, 3.05) is 7.05 Å². The molecule has 2 bridgehead atoms. The Morgan fingerprint density at radius 2 is 2.00 bits per heavy atom. The fraction of sp³-hybridized carbons (Fsp3) is 0.611. The molecule has 2 aliphatic rings. The maximum atomic E-state index is 12.8. The lowest BCUT2D eigenvalue weighted by molar-refractivity contribution is -0.156. The van der Waals surface area contributed by atoms with Crippen molar-refractivity contribution < 1.29 is 16.0 Å². The van der Waals surface area contributed by atoms with Crippen LogP contribution in [0.2, 0.25) is 0 Å². The first-order valence-corrected chi connectivity index (χ1v) is 8.04. The van der Waals surface area contributed by atoms with Crippen LogP contribution in [-0.2, 0) is 9.53 Å². The van der Waals surface area contributed by atoms with Gasteiger partial charge in [0, 0.05) is 12.1 Å². The lowest BCUT2D eigenvalue weighted by atomic mass is 9.94. The van der Waals surface area contributed by atoms with Gasteiger partial charge in [-0.25, -0.2) is 0 Å². The first-order valence-electron chi connectivity index (χ1n) is 8.95. The molecule has 0 amide bonds. The van der Waals surface area contributed by atoms with Crippen molar-refractivity contribution in [1.29, 1.82) is 1.43 Å². The summed E-state index contributed by atoms with van der Waals surface area (Å²) in [4.78, 5) is 15.2. The van der Waals surface area contributed by atoms with Crippen LogP contribution in [0.15, 0.2) is 30.3 Å². The van der Waals surface area contributed by atoms with E-state index < -0.39 is 18.0 Å². The van der Waals surface area contributed by atoms with Gasteiger partial charge < -0.3 is 14.7 Å². The summed E-state index contributed by atoms with van der Waals surface area (Å²) in [5.41, 5.74) is 0.642. The molecule has 5 atom stereocenters. The molecule has 4 nitrogen and oxygen atoms in total. The highest BCUT2D eigenvalue weighted by atomic mass is 16.5. The largest absolute Gasteiger partial charge is 0.462 e. The maximum Gasteiger partial charge on any atom is 0.316 e. The first-order chi connectivity index (χ1) is 11.4. The van der Waals surface area contributed by atoms with E-state index in [-0.39, 0.29) is 6.10 Å². The van der Waals surface area contributed by atoms with Crippen LogP contribution in [0.25, 0.3) is 0 Å². The summed E-state index contributed by atoms with van der Waals surface area (Å²) in [5.74, 6) is -1.41. The van der Waals surface area contributed by atoms with Gasteiger partial charge in [0.15, 0.2) is 0 Å². The lowest BCUT2D eigenvalue weighted by Crippen LogP contribution is -2.44. The molecule has 3 rings (SSSR count). The molecular weight excluding hydrogens is 278 g/mol. The molecule has 2 aliphatic heterocycles. The zero-order chi connectivity index (χ0) is 17.3. The summed E-state index contributed by atoms with van der Waals surface area (Å²) >= 11 is 0. The van der Waals surface area contributed by atoms with Crippen LogP contribution in [0.5, 0.6) is 0 Å². The van der Waals surface area contributed by atoms with Gasteiger partial charge in [-0.15, -0.1) is 0 Å². The third-order valence-electron chi connectivity index (χ3n) is 5.11. The molecule has 120 valence electrons. The molecule has 0 spiro atoms. The summed E-state index contributed by atoms with van der Waals surface area (Å²) in [5, 5.41) is 4.54. The zero-order valence-electron chi connectivity index (χ0n) is 15.2. The number of rotatable bonds is 5. The van der Waals surface area contributed by atoms with Crippen LogP contribution in [0.1, 0.15) is 45.5 Å². The third-order valence-corrected chi connectivity index (χ3v) is 5.11. The predicted molar refractivity (Wildman–Crippen MR) is 84.6 cm³/mol. The summed E-state index contributed by atoms with van der Waals surface area (Å²) in [7, 11) is 2.14. The van der Waals surface area contributed by atoms with E-state index in [9.17, 15) is 4.79 Å². The number of ether oxygens (including phenoxy) is 1. The van der Waals surface area contributed by atoms with Crippen molar-refractivity contribution >= 4 is 5.97 Å². The van der Waals surface area contributed by atoms with Crippen LogP contribution in [0.4, 0.5) is 0 Å². The number of hydrogen-bond donors (Lipinski definition) is 1. The van der Waals surface area contributed by atoms with E-state index in [1.807, 2.05) is 18.2 Å². The molecule has 2 fully saturated rings. The predicted octanol–water partition coefficient (Wildman–Crippen LogP) is 2.32. The van der Waals surface area contributed by atoms with E-state index in [4.69, 9.17) is 7.54 Å². The number of benzene rings is 1. The van der Waals surface area contributed by atoms with Gasteiger partial charge in [-0.2, -0.15) is 0 Å². The number of carbonyl (C=O) groups is 1. The molecule has 3 unspecified atom stereocenters. The average molecular weight is 305 g/mol. The Balaban J connectivity index is 1.75. The zero-order valence-corrected chi connectivity index (χ0v) is 13.2. The number of aliphatic hydroxyl groups is 1. The second-order valence-electron chi connectivity index (χ2n) is 6.54. The van der Waals surface area contributed by atoms with Crippen LogP contribution in [0, 0.1) is 0 Å². The van der Waals surface area contributed by atoms with Gasteiger partial charge >= 0.3 is 5.97 Å². The Morgan fingerprint density at radius 3 is 2.59 bits per heavy atom. The molecule has 2 saturated heterocycles. The Morgan fingerprint density at radius 1 is 1.36 bits per heavy atom. The van der Waals surface area contributed by atoms with Gasteiger partial charge in [0.2, 0.25) is 1.43 Å². The van der Waals surface area contributed by atoms with Crippen molar-refractivity contribution in [2.24, 2.45) is 0 Å². The molecule has 4 heteroatoms. The Kier molecular flexibility index (Phi) is 3.80. The van der Waals surface area contributed by atoms with Crippen molar-refractivity contribution in [1.82, 2.24) is 4.90 Å². The number of fused-ring (bicyclic) bond motifs is 2. The molecule has 22 heavy (non-hydrogen) atoms. The first kappa shape index (κ1) is 13.1. The van der Waals surface area contributed by atoms with Gasteiger partial charge in [-0.3, -0.25) is 4.79 Å². The normalized spacial score (nSPS) is 33.5. The highest BCUT2D eigenvalue weighted by Gasteiger charge is 2.40. The summed E-state index contributed by atoms with van der Waals surface area (Å²) in [6.45, 7) is 1.43. The monoisotopic (exact) mass is 305 g/mol. The van der Waals surface area contributed by atoms with Gasteiger partial charge in [0.05, 0.1) is 7.45 Å². The number of nitrogens with zero attached hydrogens (tertiary/aromatic N) is 1. The smallest absolute Gasteiger partial charge is 0.316 e. The molecule has 1 aromatic rings. The van der Waals surface area contributed by atoms with E-state index in [1.165, 1.54) is 6.92 Å². The van der Waals surface area contributed by atoms with Crippen LogP contribution < -0.4 is 0 Å². The van der Waals surface area contributed by atoms with Crippen LogP contribution in [0.3, 0.4) is 0 Å². The van der Waals surface area contributed by atoms with Gasteiger partial charge in [-0.05, 0) is 45.2 Å². The Labute approximate surface area is 135 Å². The fourth-order valence-corrected chi connectivity index (χ4v) is 3.87. The van der Waals surface area contributed by atoms with E-state index in [1.54, 1.807) is 12.1 Å². The van der Waals surface area contributed by atoms with E-state index in [0.717, 1.165) is 25.7 Å². The van der Waals surface area contributed by atoms with Crippen molar-refractivity contribution in [3.63, 3.8) is 0 Å². The molecule has 1 N–H and O–H groups in total. The number of carbonyl (C=O) groups excluding carboxylic acids is 1. The van der Waals surface area contributed by atoms with Crippen LogP contribution in [-0.4, -0.2) is 48.7 Å². The molecule has 0 aromatic heterocycles. The highest BCUT2D eigenvalue weighted by Crippen LogP contribution is 2.36. The topological polar surface area (TPSA) is 49.8 Å². The maximum absolute atomic E-state index is 12.8. The second kappa shape index (κ2) is 6.39. The van der Waals surface area contributed by atoms with Crippen molar-refractivity contribution in [2.45, 2.75) is 62.8 Å². The Bertz CT molecular complexity index is 567. The third kappa shape index (κ3) is 3.03. The number of esters is 1. The molecule has 2 heterocycles. The van der Waals surface area contributed by atoms with E-state index in [2.05, 4.69) is 17.1 Å². The molecule has 0 radical (unpaired) electrons. The minimum atomic E-state index is -1.69. The van der Waals surface area contributed by atoms with Gasteiger partial charge in [0.1, 0.15) is 12.0 Å². The SMILES string of the molecule is [2H]OC([2H])(C)C(C(=O)O[C@H]1CC2CC[C@H](C1)N2C)c1ccccc1. The average Bonchev–Trinajstić information content (AvgIpc) is 2.77. The highest BCUT2D eigenvalue weighted by molar-refractivity contribution is 5.79. The number of piperidine rings is 1. The van der Waals surface area contributed by atoms with Crippen molar-refractivity contribution in [3.8, 4) is 0 Å². The van der Waals surface area contributed by atoms with Gasteiger partial charge in [0.25, 0.3) is 0 Å². The van der Waals surface area contributed by atoms with Gasteiger partial charge in [-0.1, -0.05) is 30.3 Å². The second-order valence-corrected chi connectivity index (χ2v) is 6.54. The van der Waals surface area contributed by atoms with Crippen LogP contribution >= 0.6 is 0 Å². The van der Waals surface area contributed by atoms with E-state index >= 15 is 0 Å². The lowest BCUT2D eigenvalue weighted by Gasteiger charge is -2.36. The standard InChI is InChI=1S/C18H25NO3/c1-12(20)17(13-6-4-3-5-7-13)18(21)22-16-10-14-8-9-15(11-16)19(14)2/h3-7,12,14-17,20H,8-11H2,1-2H3/t12?,14-,15?,16-,17?/m1/s1/i12D,20D. The Hall–Kier alpha value is -1.39. The van der Waals surface area contributed by atoms with E-state index in [0.29, 0.717) is 17.6 Å². The fourth-order valence-electron chi connectivity index (χ4n) is 3.87. The molecule has 0 aliphatic carbocycles. The molecule has 1 aromatic carbocycles. The molecule has 0 saturated carbocycles. The minimum Gasteiger partial charge on any atom is -0.462 e. The van der Waals surface area contributed by atoms with Crippen molar-refractivity contribution in [3.05, 3.63) is 35.9 Å². The summed E-state index contributed by atoms with van der Waals surface area (Å²) < 4.78 is 21.2. The summed E-state index contributed by atoms with van der Waals surface area (Å²) in [6, 6.07) is 9.98. The number of hydrogen-bond acceptors (Lipinski definition) is 4. The quantitative estimate of drug-likeness (QED) is 0.848. The minimum absolute atomic E-state index is 0.112. The molecular formula is C18H25NO3.